The van der Waals surface area contributed by atoms with Gasteiger partial charge in [0.15, 0.2) is 11.5 Å². The fraction of sp³-hybridized carbons (Fsp3) is 0.250. The third kappa shape index (κ3) is 3.83. The number of aromatic nitrogens is 1. The van der Waals surface area contributed by atoms with E-state index in [0.29, 0.717) is 17.2 Å². The lowest BCUT2D eigenvalue weighted by atomic mass is 10.1. The fourth-order valence-corrected chi connectivity index (χ4v) is 3.09. The highest BCUT2D eigenvalue weighted by molar-refractivity contribution is 5.91. The SMILES string of the molecule is COc1cccc(NC(=O)NCC(O)c2cn(C)c3ccccc23)c1OC. The second-order valence-electron chi connectivity index (χ2n) is 6.10. The molecule has 0 radical (unpaired) electrons. The largest absolute Gasteiger partial charge is 0.493 e. The van der Waals surface area contributed by atoms with Crippen LogP contribution in [0.3, 0.4) is 0 Å². The first kappa shape index (κ1) is 18.6. The molecule has 3 rings (SSSR count). The monoisotopic (exact) mass is 369 g/mol. The maximum atomic E-state index is 12.2. The zero-order chi connectivity index (χ0) is 19.4. The number of ether oxygens (including phenoxy) is 2. The van der Waals surface area contributed by atoms with E-state index in [1.165, 1.54) is 14.2 Å². The predicted molar refractivity (Wildman–Crippen MR) is 104 cm³/mol. The molecular formula is C20H23N3O4. The van der Waals surface area contributed by atoms with Gasteiger partial charge in [-0.15, -0.1) is 0 Å². The number of nitrogens with zero attached hydrogens (tertiary/aromatic N) is 1. The minimum atomic E-state index is -0.825. The van der Waals surface area contributed by atoms with E-state index in [2.05, 4.69) is 10.6 Å². The van der Waals surface area contributed by atoms with E-state index in [4.69, 9.17) is 9.47 Å². The van der Waals surface area contributed by atoms with Gasteiger partial charge in [-0.3, -0.25) is 0 Å². The van der Waals surface area contributed by atoms with Gasteiger partial charge in [-0.1, -0.05) is 24.3 Å². The van der Waals surface area contributed by atoms with Crippen LogP contribution in [-0.2, 0) is 7.05 Å². The number of nitrogens with one attached hydrogen (secondary N) is 2. The summed E-state index contributed by atoms with van der Waals surface area (Å²) in [5, 5.41) is 16.9. The van der Waals surface area contributed by atoms with Gasteiger partial charge in [0.25, 0.3) is 0 Å². The van der Waals surface area contributed by atoms with Crippen molar-refractivity contribution in [3.8, 4) is 11.5 Å². The highest BCUT2D eigenvalue weighted by Crippen LogP contribution is 2.34. The molecule has 3 aromatic rings. The molecule has 0 bridgehead atoms. The number of hydrogen-bond acceptors (Lipinski definition) is 4. The van der Waals surface area contributed by atoms with Gasteiger partial charge in [0.1, 0.15) is 0 Å². The molecule has 0 fully saturated rings. The predicted octanol–water partition coefficient (Wildman–Crippen LogP) is 3.05. The molecule has 7 heteroatoms. The Hall–Kier alpha value is -3.19. The van der Waals surface area contributed by atoms with Gasteiger partial charge in [0, 0.05) is 36.3 Å². The first-order chi connectivity index (χ1) is 13.0. The van der Waals surface area contributed by atoms with Gasteiger partial charge in [-0.2, -0.15) is 0 Å². The van der Waals surface area contributed by atoms with Crippen LogP contribution in [0.15, 0.2) is 48.7 Å². The van der Waals surface area contributed by atoms with Crippen molar-refractivity contribution in [3.63, 3.8) is 0 Å². The van der Waals surface area contributed by atoms with E-state index in [-0.39, 0.29) is 6.54 Å². The maximum absolute atomic E-state index is 12.2. The summed E-state index contributed by atoms with van der Waals surface area (Å²) in [4.78, 5) is 12.2. The molecule has 0 aliphatic heterocycles. The molecule has 1 aromatic heterocycles. The molecule has 0 saturated carbocycles. The van der Waals surface area contributed by atoms with Crippen molar-refractivity contribution in [1.82, 2.24) is 9.88 Å². The van der Waals surface area contributed by atoms with Crippen LogP contribution in [0.25, 0.3) is 10.9 Å². The fourth-order valence-electron chi connectivity index (χ4n) is 3.09. The number of aliphatic hydroxyl groups excluding tert-OH is 1. The van der Waals surface area contributed by atoms with Crippen LogP contribution in [0, 0.1) is 0 Å². The average Bonchev–Trinajstić information content (AvgIpc) is 3.03. The molecule has 27 heavy (non-hydrogen) atoms. The number of urea groups is 1. The van der Waals surface area contributed by atoms with Crippen molar-refractivity contribution in [1.29, 1.82) is 0 Å². The van der Waals surface area contributed by atoms with Crippen molar-refractivity contribution in [2.45, 2.75) is 6.10 Å². The molecule has 7 nitrogen and oxygen atoms in total. The van der Waals surface area contributed by atoms with Crippen molar-refractivity contribution in [2.24, 2.45) is 7.05 Å². The van der Waals surface area contributed by atoms with E-state index in [0.717, 1.165) is 16.5 Å². The number of aryl methyl sites for hydroxylation is 1. The number of amides is 2. The van der Waals surface area contributed by atoms with Crippen molar-refractivity contribution >= 4 is 22.6 Å². The Morgan fingerprint density at radius 1 is 1.15 bits per heavy atom. The minimum Gasteiger partial charge on any atom is -0.493 e. The number of benzene rings is 2. The van der Waals surface area contributed by atoms with E-state index in [1.807, 2.05) is 42.1 Å². The van der Waals surface area contributed by atoms with E-state index in [1.54, 1.807) is 18.2 Å². The average molecular weight is 369 g/mol. The van der Waals surface area contributed by atoms with Gasteiger partial charge in [0.2, 0.25) is 0 Å². The lowest BCUT2D eigenvalue weighted by molar-refractivity contribution is 0.176. The van der Waals surface area contributed by atoms with Crippen LogP contribution in [0.2, 0.25) is 0 Å². The van der Waals surface area contributed by atoms with E-state index < -0.39 is 12.1 Å². The molecule has 1 atom stereocenters. The maximum Gasteiger partial charge on any atom is 0.319 e. The molecule has 2 amide bonds. The highest BCUT2D eigenvalue weighted by Gasteiger charge is 2.16. The summed E-state index contributed by atoms with van der Waals surface area (Å²) >= 11 is 0. The first-order valence-electron chi connectivity index (χ1n) is 8.53. The summed E-state index contributed by atoms with van der Waals surface area (Å²) in [5.41, 5.74) is 2.28. The quantitative estimate of drug-likeness (QED) is 0.623. The van der Waals surface area contributed by atoms with Crippen molar-refractivity contribution in [3.05, 3.63) is 54.2 Å². The third-order valence-electron chi connectivity index (χ3n) is 4.39. The molecule has 3 N–H and O–H groups in total. The topological polar surface area (TPSA) is 84.8 Å². The molecule has 0 aliphatic carbocycles. The van der Waals surface area contributed by atoms with Crippen LogP contribution in [0.1, 0.15) is 11.7 Å². The normalized spacial score (nSPS) is 11.9. The standard InChI is InChI=1S/C20H23N3O4/c1-23-12-14(13-7-4-5-9-16(13)23)17(24)11-21-20(25)22-15-8-6-10-18(26-2)19(15)27-3/h4-10,12,17,24H,11H2,1-3H3,(H2,21,22,25). The highest BCUT2D eigenvalue weighted by atomic mass is 16.5. The van der Waals surface area contributed by atoms with Crippen molar-refractivity contribution in [2.75, 3.05) is 26.1 Å². The summed E-state index contributed by atoms with van der Waals surface area (Å²) < 4.78 is 12.5. The number of carbonyl (C=O) groups is 1. The summed E-state index contributed by atoms with van der Waals surface area (Å²) in [6.07, 6.45) is 1.05. The van der Waals surface area contributed by atoms with Crippen molar-refractivity contribution < 1.29 is 19.4 Å². The number of fused-ring (bicyclic) bond motifs is 1. The number of hydrogen-bond donors (Lipinski definition) is 3. The summed E-state index contributed by atoms with van der Waals surface area (Å²) in [6.45, 7) is 0.0755. The Labute approximate surface area is 157 Å². The molecule has 0 aliphatic rings. The lowest BCUT2D eigenvalue weighted by Gasteiger charge is -2.15. The molecule has 1 unspecified atom stereocenters. The smallest absolute Gasteiger partial charge is 0.319 e. The molecule has 2 aromatic carbocycles. The van der Waals surface area contributed by atoms with Crippen LogP contribution >= 0.6 is 0 Å². The number of anilines is 1. The second-order valence-corrected chi connectivity index (χ2v) is 6.10. The Morgan fingerprint density at radius 2 is 1.93 bits per heavy atom. The van der Waals surface area contributed by atoms with E-state index >= 15 is 0 Å². The Bertz CT molecular complexity index is 952. The van der Waals surface area contributed by atoms with Crippen LogP contribution in [-0.4, -0.2) is 36.5 Å². The van der Waals surface area contributed by atoms with Crippen LogP contribution in [0.5, 0.6) is 11.5 Å². The minimum absolute atomic E-state index is 0.0755. The van der Waals surface area contributed by atoms with Crippen LogP contribution in [0.4, 0.5) is 10.5 Å². The van der Waals surface area contributed by atoms with E-state index in [9.17, 15) is 9.90 Å². The molecular weight excluding hydrogens is 346 g/mol. The number of carbonyl (C=O) groups excluding carboxylic acids is 1. The number of aliphatic hydroxyl groups is 1. The lowest BCUT2D eigenvalue weighted by Crippen LogP contribution is -2.32. The number of rotatable bonds is 6. The number of methoxy groups -OCH3 is 2. The third-order valence-corrected chi connectivity index (χ3v) is 4.39. The van der Waals surface area contributed by atoms with Gasteiger partial charge >= 0.3 is 6.03 Å². The Morgan fingerprint density at radius 3 is 2.67 bits per heavy atom. The van der Waals surface area contributed by atoms with Gasteiger partial charge in [0.05, 0.1) is 26.0 Å². The zero-order valence-corrected chi connectivity index (χ0v) is 15.5. The van der Waals surface area contributed by atoms with Gasteiger partial charge < -0.3 is 29.8 Å². The summed E-state index contributed by atoms with van der Waals surface area (Å²) in [6, 6.07) is 12.6. The van der Waals surface area contributed by atoms with Gasteiger partial charge in [-0.25, -0.2) is 4.79 Å². The molecule has 142 valence electrons. The zero-order valence-electron chi connectivity index (χ0n) is 15.5. The first-order valence-corrected chi connectivity index (χ1v) is 8.53. The Balaban J connectivity index is 1.67. The Kier molecular flexibility index (Phi) is 5.52. The van der Waals surface area contributed by atoms with Crippen LogP contribution < -0.4 is 20.1 Å². The number of para-hydroxylation sites is 2. The van der Waals surface area contributed by atoms with Gasteiger partial charge in [-0.05, 0) is 18.2 Å². The molecule has 0 spiro atoms. The summed E-state index contributed by atoms with van der Waals surface area (Å²) in [7, 11) is 4.96. The molecule has 0 saturated heterocycles. The summed E-state index contributed by atoms with van der Waals surface area (Å²) in [5.74, 6) is 0.954. The molecule has 1 heterocycles. The second kappa shape index (κ2) is 8.01.